The zero-order valence-electron chi connectivity index (χ0n) is 9.25. The molecular weight excluding hydrogens is 231 g/mol. The van der Waals surface area contributed by atoms with E-state index >= 15 is 0 Å². The molecule has 1 aromatic rings. The largest absolute Gasteiger partial charge is 0.319 e. The minimum absolute atomic E-state index is 0.0265. The van der Waals surface area contributed by atoms with Crippen LogP contribution in [0, 0.1) is 12.7 Å². The van der Waals surface area contributed by atoms with Gasteiger partial charge in [0.05, 0.1) is 11.4 Å². The van der Waals surface area contributed by atoms with E-state index in [0.717, 1.165) is 0 Å². The highest BCUT2D eigenvalue weighted by Crippen LogP contribution is 2.19. The number of nitrogens with one attached hydrogen (secondary N) is 2. The average molecular weight is 246 g/mol. The Hall–Kier alpha value is -1.14. The zero-order chi connectivity index (χ0) is 12.2. The molecule has 0 amide bonds. The molecule has 0 aliphatic heterocycles. The first kappa shape index (κ1) is 12.9. The summed E-state index contributed by atoms with van der Waals surface area (Å²) in [4.78, 5) is 0. The minimum Gasteiger partial charge on any atom is -0.319 e. The maximum atomic E-state index is 13.4. The standard InChI is InChI=1S/C10H15FN2O2S/c1-8-4-3-5-9(11)10(8)13-16(14,15)7-6-12-2/h3-5,12-13H,6-7H2,1-2H3. The average Bonchev–Trinajstić information content (AvgIpc) is 2.21. The van der Waals surface area contributed by atoms with Crippen LogP contribution in [0.5, 0.6) is 0 Å². The summed E-state index contributed by atoms with van der Waals surface area (Å²) in [5.41, 5.74) is 0.589. The number of hydrogen-bond donors (Lipinski definition) is 2. The number of hydrogen-bond acceptors (Lipinski definition) is 3. The summed E-state index contributed by atoms with van der Waals surface area (Å²) in [7, 11) is -1.84. The van der Waals surface area contributed by atoms with Crippen LogP contribution in [0.2, 0.25) is 0 Å². The molecule has 0 heterocycles. The van der Waals surface area contributed by atoms with Gasteiger partial charge in [-0.15, -0.1) is 0 Å². The highest BCUT2D eigenvalue weighted by atomic mass is 32.2. The van der Waals surface area contributed by atoms with Gasteiger partial charge in [-0.2, -0.15) is 0 Å². The van der Waals surface area contributed by atoms with Gasteiger partial charge in [-0.05, 0) is 25.6 Å². The smallest absolute Gasteiger partial charge is 0.234 e. The van der Waals surface area contributed by atoms with E-state index < -0.39 is 15.8 Å². The summed E-state index contributed by atoms with van der Waals surface area (Å²) < 4.78 is 38.7. The Bertz CT molecular complexity index is 440. The van der Waals surface area contributed by atoms with Crippen LogP contribution in [0.4, 0.5) is 10.1 Å². The molecule has 16 heavy (non-hydrogen) atoms. The molecule has 0 aliphatic rings. The number of rotatable bonds is 5. The van der Waals surface area contributed by atoms with E-state index in [4.69, 9.17) is 0 Å². The molecule has 6 heteroatoms. The monoisotopic (exact) mass is 246 g/mol. The van der Waals surface area contributed by atoms with Gasteiger partial charge in [-0.25, -0.2) is 12.8 Å². The van der Waals surface area contributed by atoms with E-state index in [0.29, 0.717) is 12.1 Å². The maximum Gasteiger partial charge on any atom is 0.234 e. The molecule has 0 atom stereocenters. The summed E-state index contributed by atoms with van der Waals surface area (Å²) in [6, 6.07) is 4.41. The molecule has 0 radical (unpaired) electrons. The van der Waals surface area contributed by atoms with Gasteiger partial charge in [0.15, 0.2) is 0 Å². The lowest BCUT2D eigenvalue weighted by molar-refractivity contribution is 0.596. The number of halogens is 1. The third kappa shape index (κ3) is 3.46. The van der Waals surface area contributed by atoms with Gasteiger partial charge in [0.25, 0.3) is 0 Å². The summed E-state index contributed by atoms with van der Waals surface area (Å²) >= 11 is 0. The minimum atomic E-state index is -3.49. The molecule has 1 aromatic carbocycles. The Kier molecular flexibility index (Phi) is 4.26. The van der Waals surface area contributed by atoms with Gasteiger partial charge in [0.2, 0.25) is 10.0 Å². The molecule has 2 N–H and O–H groups in total. The van der Waals surface area contributed by atoms with Crippen molar-refractivity contribution in [1.82, 2.24) is 5.32 Å². The Morgan fingerprint density at radius 2 is 2.06 bits per heavy atom. The van der Waals surface area contributed by atoms with Crippen molar-refractivity contribution in [3.8, 4) is 0 Å². The predicted molar refractivity (Wildman–Crippen MR) is 62.5 cm³/mol. The van der Waals surface area contributed by atoms with Crippen LogP contribution in [-0.4, -0.2) is 27.8 Å². The molecular formula is C10H15FN2O2S. The molecule has 1 rings (SSSR count). The van der Waals surface area contributed by atoms with Crippen LogP contribution in [0.3, 0.4) is 0 Å². The molecule has 90 valence electrons. The van der Waals surface area contributed by atoms with E-state index in [1.54, 1.807) is 20.0 Å². The summed E-state index contributed by atoms with van der Waals surface area (Å²) in [6.07, 6.45) is 0. The van der Waals surface area contributed by atoms with Crippen molar-refractivity contribution in [2.24, 2.45) is 0 Å². The fourth-order valence-electron chi connectivity index (χ4n) is 1.20. The SMILES string of the molecule is CNCCS(=O)(=O)Nc1c(C)cccc1F. The van der Waals surface area contributed by atoms with Crippen LogP contribution in [0.25, 0.3) is 0 Å². The second-order valence-electron chi connectivity index (χ2n) is 3.46. The zero-order valence-corrected chi connectivity index (χ0v) is 10.1. The highest BCUT2D eigenvalue weighted by molar-refractivity contribution is 7.92. The van der Waals surface area contributed by atoms with Gasteiger partial charge in [-0.1, -0.05) is 12.1 Å². The van der Waals surface area contributed by atoms with Crippen molar-refractivity contribution >= 4 is 15.7 Å². The Labute approximate surface area is 94.9 Å². The Morgan fingerprint density at radius 3 is 2.62 bits per heavy atom. The van der Waals surface area contributed by atoms with Crippen molar-refractivity contribution in [2.75, 3.05) is 24.1 Å². The van der Waals surface area contributed by atoms with E-state index in [-0.39, 0.29) is 11.4 Å². The topological polar surface area (TPSA) is 58.2 Å². The van der Waals surface area contributed by atoms with Gasteiger partial charge < -0.3 is 5.32 Å². The van der Waals surface area contributed by atoms with Crippen molar-refractivity contribution in [1.29, 1.82) is 0 Å². The molecule has 0 saturated heterocycles. The summed E-state index contributed by atoms with van der Waals surface area (Å²) in [5.74, 6) is -0.648. The first-order valence-electron chi connectivity index (χ1n) is 4.86. The van der Waals surface area contributed by atoms with Gasteiger partial charge in [0, 0.05) is 6.54 Å². The van der Waals surface area contributed by atoms with Crippen LogP contribution in [0.15, 0.2) is 18.2 Å². The maximum absolute atomic E-state index is 13.4. The van der Waals surface area contributed by atoms with E-state index in [1.807, 2.05) is 0 Å². The first-order valence-corrected chi connectivity index (χ1v) is 6.51. The lowest BCUT2D eigenvalue weighted by Gasteiger charge is -2.10. The number of para-hydroxylation sites is 1. The first-order chi connectivity index (χ1) is 7.46. The van der Waals surface area contributed by atoms with Crippen LogP contribution in [0.1, 0.15) is 5.56 Å². The third-order valence-corrected chi connectivity index (χ3v) is 3.36. The molecule has 0 unspecified atom stereocenters. The quantitative estimate of drug-likeness (QED) is 0.818. The van der Waals surface area contributed by atoms with E-state index in [1.165, 1.54) is 12.1 Å². The number of anilines is 1. The van der Waals surface area contributed by atoms with Crippen LogP contribution >= 0.6 is 0 Å². The molecule has 0 aliphatic carbocycles. The molecule has 0 spiro atoms. The fraction of sp³-hybridized carbons (Fsp3) is 0.400. The summed E-state index contributed by atoms with van der Waals surface area (Å²) in [5, 5.41) is 2.73. The van der Waals surface area contributed by atoms with Gasteiger partial charge in [-0.3, -0.25) is 4.72 Å². The molecule has 4 nitrogen and oxygen atoms in total. The fourth-order valence-corrected chi connectivity index (χ4v) is 2.35. The van der Waals surface area contributed by atoms with E-state index in [9.17, 15) is 12.8 Å². The van der Waals surface area contributed by atoms with Gasteiger partial charge >= 0.3 is 0 Å². The van der Waals surface area contributed by atoms with Gasteiger partial charge in [0.1, 0.15) is 5.82 Å². The second-order valence-corrected chi connectivity index (χ2v) is 5.30. The van der Waals surface area contributed by atoms with Crippen molar-refractivity contribution in [3.63, 3.8) is 0 Å². The highest BCUT2D eigenvalue weighted by Gasteiger charge is 2.13. The number of aryl methyl sites for hydroxylation is 1. The molecule has 0 fully saturated rings. The van der Waals surface area contributed by atoms with Crippen molar-refractivity contribution in [2.45, 2.75) is 6.92 Å². The summed E-state index contributed by atoms with van der Waals surface area (Å²) in [6.45, 7) is 1.97. The van der Waals surface area contributed by atoms with Crippen LogP contribution in [-0.2, 0) is 10.0 Å². The predicted octanol–water partition coefficient (Wildman–Crippen LogP) is 1.10. The molecule has 0 aromatic heterocycles. The second kappa shape index (κ2) is 5.27. The van der Waals surface area contributed by atoms with Crippen molar-refractivity contribution < 1.29 is 12.8 Å². The Balaban J connectivity index is 2.88. The van der Waals surface area contributed by atoms with Crippen molar-refractivity contribution in [3.05, 3.63) is 29.6 Å². The normalized spacial score (nSPS) is 11.4. The molecule has 0 bridgehead atoms. The lowest BCUT2D eigenvalue weighted by atomic mass is 10.2. The van der Waals surface area contributed by atoms with E-state index in [2.05, 4.69) is 10.0 Å². The number of benzene rings is 1. The van der Waals surface area contributed by atoms with Crippen LogP contribution < -0.4 is 10.0 Å². The lowest BCUT2D eigenvalue weighted by Crippen LogP contribution is -2.25. The molecule has 0 saturated carbocycles. The number of sulfonamides is 1. The Morgan fingerprint density at radius 1 is 1.38 bits per heavy atom. The third-order valence-electron chi connectivity index (χ3n) is 2.10.